The molecule has 0 aromatic carbocycles. The first-order valence-electron chi connectivity index (χ1n) is 6.50. The largest absolute Gasteiger partial charge is 0.397 e. The Morgan fingerprint density at radius 3 is 2.28 bits per heavy atom. The monoisotopic (exact) mass is 251 g/mol. The maximum Gasteiger partial charge on any atom is 0.270 e. The van der Waals surface area contributed by atoms with E-state index in [2.05, 4.69) is 20.8 Å². The molecule has 1 atom stereocenters. The van der Waals surface area contributed by atoms with Gasteiger partial charge in [-0.25, -0.2) is 0 Å². The third-order valence-electron chi connectivity index (χ3n) is 3.54. The van der Waals surface area contributed by atoms with Crippen molar-refractivity contribution in [3.8, 4) is 0 Å². The minimum atomic E-state index is 0.0293. The molecular formula is C14H25N3O. The molecule has 0 aliphatic carbocycles. The number of amides is 1. The highest BCUT2D eigenvalue weighted by Crippen LogP contribution is 2.19. The van der Waals surface area contributed by atoms with E-state index < -0.39 is 0 Å². The molecule has 1 aromatic heterocycles. The summed E-state index contributed by atoms with van der Waals surface area (Å²) in [6, 6.07) is 2.18. The molecule has 1 aromatic rings. The van der Waals surface area contributed by atoms with Crippen LogP contribution in [-0.4, -0.2) is 28.5 Å². The minimum Gasteiger partial charge on any atom is -0.397 e. The zero-order valence-electron chi connectivity index (χ0n) is 12.3. The van der Waals surface area contributed by atoms with Crippen molar-refractivity contribution in [1.29, 1.82) is 0 Å². The summed E-state index contributed by atoms with van der Waals surface area (Å²) < 4.78 is 1.93. The highest BCUT2D eigenvalue weighted by Gasteiger charge is 2.23. The number of nitrogens with two attached hydrogens (primary N) is 1. The lowest BCUT2D eigenvalue weighted by Gasteiger charge is -2.28. The quantitative estimate of drug-likeness (QED) is 0.894. The third kappa shape index (κ3) is 2.86. The van der Waals surface area contributed by atoms with Gasteiger partial charge < -0.3 is 15.2 Å². The van der Waals surface area contributed by atoms with E-state index in [-0.39, 0.29) is 18.0 Å². The Morgan fingerprint density at radius 2 is 1.83 bits per heavy atom. The number of nitrogens with zero attached hydrogens (tertiary/aromatic N) is 2. The van der Waals surface area contributed by atoms with Crippen LogP contribution in [0.2, 0.25) is 0 Å². The zero-order chi connectivity index (χ0) is 14.0. The SMILES string of the molecule is CC(C)C(C)N(C)C(=O)c1cc(N)cn1C(C)C. The number of hydrogen-bond acceptors (Lipinski definition) is 2. The van der Waals surface area contributed by atoms with Crippen LogP contribution in [0.5, 0.6) is 0 Å². The van der Waals surface area contributed by atoms with E-state index in [4.69, 9.17) is 5.73 Å². The zero-order valence-corrected chi connectivity index (χ0v) is 12.3. The van der Waals surface area contributed by atoms with Gasteiger partial charge in [0.2, 0.25) is 0 Å². The first-order valence-corrected chi connectivity index (χ1v) is 6.50. The van der Waals surface area contributed by atoms with E-state index in [9.17, 15) is 4.79 Å². The molecule has 0 aliphatic rings. The number of anilines is 1. The van der Waals surface area contributed by atoms with E-state index in [1.165, 1.54) is 0 Å². The minimum absolute atomic E-state index is 0.0293. The predicted molar refractivity (Wildman–Crippen MR) is 75.6 cm³/mol. The maximum absolute atomic E-state index is 12.5. The summed E-state index contributed by atoms with van der Waals surface area (Å²) in [6.07, 6.45) is 1.83. The molecule has 1 amide bonds. The van der Waals surface area contributed by atoms with Crippen LogP contribution in [0.3, 0.4) is 0 Å². The summed E-state index contributed by atoms with van der Waals surface area (Å²) in [6.45, 7) is 10.4. The molecule has 0 saturated heterocycles. The van der Waals surface area contributed by atoms with E-state index >= 15 is 0 Å². The first kappa shape index (κ1) is 14.6. The van der Waals surface area contributed by atoms with Crippen molar-refractivity contribution in [3.05, 3.63) is 18.0 Å². The van der Waals surface area contributed by atoms with Crippen LogP contribution < -0.4 is 5.73 Å². The smallest absolute Gasteiger partial charge is 0.270 e. The molecule has 0 aliphatic heterocycles. The molecule has 1 rings (SSSR count). The Balaban J connectivity index is 3.03. The number of nitrogen functional groups attached to an aromatic ring is 1. The van der Waals surface area contributed by atoms with Crippen molar-refractivity contribution < 1.29 is 4.79 Å². The van der Waals surface area contributed by atoms with Crippen LogP contribution in [0.1, 0.15) is 51.1 Å². The lowest BCUT2D eigenvalue weighted by Crippen LogP contribution is -2.39. The third-order valence-corrected chi connectivity index (χ3v) is 3.54. The topological polar surface area (TPSA) is 51.3 Å². The fraction of sp³-hybridized carbons (Fsp3) is 0.643. The first-order chi connectivity index (χ1) is 8.25. The van der Waals surface area contributed by atoms with Crippen molar-refractivity contribution >= 4 is 11.6 Å². The average molecular weight is 251 g/mol. The van der Waals surface area contributed by atoms with Gasteiger partial charge >= 0.3 is 0 Å². The van der Waals surface area contributed by atoms with Crippen LogP contribution >= 0.6 is 0 Å². The van der Waals surface area contributed by atoms with Gasteiger partial charge in [-0.15, -0.1) is 0 Å². The molecule has 18 heavy (non-hydrogen) atoms. The second-order valence-corrected chi connectivity index (χ2v) is 5.56. The van der Waals surface area contributed by atoms with Crippen LogP contribution in [0.25, 0.3) is 0 Å². The summed E-state index contributed by atoms with van der Waals surface area (Å²) in [7, 11) is 1.85. The number of carbonyl (C=O) groups is 1. The Labute approximate surface area is 110 Å². The lowest BCUT2D eigenvalue weighted by atomic mass is 10.0. The maximum atomic E-state index is 12.5. The van der Waals surface area contributed by atoms with E-state index in [1.54, 1.807) is 11.0 Å². The van der Waals surface area contributed by atoms with E-state index in [0.29, 0.717) is 17.3 Å². The molecule has 0 bridgehead atoms. The van der Waals surface area contributed by atoms with E-state index in [1.807, 2.05) is 31.7 Å². The van der Waals surface area contributed by atoms with Crippen LogP contribution in [0.15, 0.2) is 12.3 Å². The summed E-state index contributed by atoms with van der Waals surface area (Å²) in [5.74, 6) is 0.459. The van der Waals surface area contributed by atoms with Crippen LogP contribution in [0, 0.1) is 5.92 Å². The summed E-state index contributed by atoms with van der Waals surface area (Å²) in [4.78, 5) is 14.3. The summed E-state index contributed by atoms with van der Waals surface area (Å²) in [5.41, 5.74) is 7.10. The Bertz CT molecular complexity index is 421. The Kier molecular flexibility index (Phi) is 4.43. The van der Waals surface area contributed by atoms with Crippen molar-refractivity contribution in [2.24, 2.45) is 5.92 Å². The number of carbonyl (C=O) groups excluding carboxylic acids is 1. The normalized spacial score (nSPS) is 13.1. The van der Waals surface area contributed by atoms with Gasteiger partial charge in [0.25, 0.3) is 5.91 Å². The number of aromatic nitrogens is 1. The van der Waals surface area contributed by atoms with Gasteiger partial charge in [-0.2, -0.15) is 0 Å². The van der Waals surface area contributed by atoms with Crippen LogP contribution in [0.4, 0.5) is 5.69 Å². The predicted octanol–water partition coefficient (Wildman–Crippen LogP) is 2.77. The molecular weight excluding hydrogens is 226 g/mol. The van der Waals surface area contributed by atoms with Crippen molar-refractivity contribution in [1.82, 2.24) is 9.47 Å². The number of rotatable bonds is 4. The molecule has 1 unspecified atom stereocenters. The highest BCUT2D eigenvalue weighted by molar-refractivity contribution is 5.94. The molecule has 0 saturated carbocycles. The molecule has 2 N–H and O–H groups in total. The van der Waals surface area contributed by atoms with Gasteiger partial charge in [0.05, 0.1) is 5.69 Å². The van der Waals surface area contributed by atoms with E-state index in [0.717, 1.165) is 0 Å². The molecule has 0 radical (unpaired) electrons. The van der Waals surface area contributed by atoms with Gasteiger partial charge in [-0.3, -0.25) is 4.79 Å². The standard InChI is InChI=1S/C14H25N3O/c1-9(2)11(5)16(6)14(18)13-7-12(15)8-17(13)10(3)4/h7-11H,15H2,1-6H3. The number of hydrogen-bond donors (Lipinski definition) is 1. The molecule has 0 fully saturated rings. The Morgan fingerprint density at radius 1 is 1.28 bits per heavy atom. The van der Waals surface area contributed by atoms with Crippen LogP contribution in [-0.2, 0) is 0 Å². The van der Waals surface area contributed by atoms with Crippen molar-refractivity contribution in [2.45, 2.75) is 46.7 Å². The van der Waals surface area contributed by atoms with Gasteiger partial charge in [0, 0.05) is 25.3 Å². The summed E-state index contributed by atoms with van der Waals surface area (Å²) in [5, 5.41) is 0. The highest BCUT2D eigenvalue weighted by atomic mass is 16.2. The van der Waals surface area contributed by atoms with Crippen molar-refractivity contribution in [2.75, 3.05) is 12.8 Å². The van der Waals surface area contributed by atoms with Crippen molar-refractivity contribution in [3.63, 3.8) is 0 Å². The van der Waals surface area contributed by atoms with Gasteiger partial charge in [0.1, 0.15) is 5.69 Å². The van der Waals surface area contributed by atoms with Gasteiger partial charge in [0.15, 0.2) is 0 Å². The average Bonchev–Trinajstić information content (AvgIpc) is 2.68. The summed E-state index contributed by atoms with van der Waals surface area (Å²) >= 11 is 0. The lowest BCUT2D eigenvalue weighted by molar-refractivity contribution is 0.0694. The molecule has 4 nitrogen and oxygen atoms in total. The second-order valence-electron chi connectivity index (χ2n) is 5.56. The fourth-order valence-corrected chi connectivity index (χ4v) is 1.91. The molecule has 4 heteroatoms. The van der Waals surface area contributed by atoms with Gasteiger partial charge in [-0.05, 0) is 32.8 Å². The molecule has 102 valence electrons. The second kappa shape index (κ2) is 5.46. The molecule has 1 heterocycles. The fourth-order valence-electron chi connectivity index (χ4n) is 1.91. The van der Waals surface area contributed by atoms with Gasteiger partial charge in [-0.1, -0.05) is 13.8 Å². The Hall–Kier alpha value is -1.45. The molecule has 0 spiro atoms.